The van der Waals surface area contributed by atoms with Crippen LogP contribution >= 0.6 is 23.1 Å². The molecular formula is C24H19N3O4S2. The molecule has 166 valence electrons. The number of para-hydroxylation sites is 2. The molecule has 1 heterocycles. The van der Waals surface area contributed by atoms with Gasteiger partial charge in [-0.2, -0.15) is 5.10 Å². The first-order valence-corrected chi connectivity index (χ1v) is 11.7. The molecule has 4 aromatic rings. The lowest BCUT2D eigenvalue weighted by atomic mass is 10.1. The van der Waals surface area contributed by atoms with E-state index in [9.17, 15) is 9.59 Å². The molecule has 0 saturated carbocycles. The maximum Gasteiger partial charge on any atom is 0.335 e. The summed E-state index contributed by atoms with van der Waals surface area (Å²) >= 11 is 2.93. The molecule has 0 aliphatic rings. The Morgan fingerprint density at radius 3 is 2.61 bits per heavy atom. The van der Waals surface area contributed by atoms with E-state index in [4.69, 9.17) is 9.84 Å². The molecule has 0 fully saturated rings. The van der Waals surface area contributed by atoms with Gasteiger partial charge in [0.2, 0.25) is 0 Å². The van der Waals surface area contributed by atoms with Crippen molar-refractivity contribution in [3.63, 3.8) is 0 Å². The molecular weight excluding hydrogens is 458 g/mol. The summed E-state index contributed by atoms with van der Waals surface area (Å²) in [5.41, 5.74) is 5.23. The highest BCUT2D eigenvalue weighted by molar-refractivity contribution is 8.01. The summed E-state index contributed by atoms with van der Waals surface area (Å²) < 4.78 is 7.78. The van der Waals surface area contributed by atoms with E-state index in [1.807, 2.05) is 42.5 Å². The van der Waals surface area contributed by atoms with E-state index in [1.54, 1.807) is 29.5 Å². The number of benzene rings is 3. The van der Waals surface area contributed by atoms with Crippen molar-refractivity contribution in [1.82, 2.24) is 10.4 Å². The van der Waals surface area contributed by atoms with Crippen LogP contribution in [0.1, 0.15) is 21.5 Å². The Labute approximate surface area is 198 Å². The van der Waals surface area contributed by atoms with Gasteiger partial charge in [0, 0.05) is 5.56 Å². The van der Waals surface area contributed by atoms with Crippen LogP contribution < -0.4 is 10.2 Å². The molecule has 0 saturated heterocycles. The summed E-state index contributed by atoms with van der Waals surface area (Å²) in [7, 11) is 0. The summed E-state index contributed by atoms with van der Waals surface area (Å²) in [4.78, 5) is 27.6. The summed E-state index contributed by atoms with van der Waals surface area (Å²) in [5, 5.41) is 13.0. The van der Waals surface area contributed by atoms with Gasteiger partial charge in [-0.25, -0.2) is 15.2 Å². The highest BCUT2D eigenvalue weighted by Gasteiger charge is 2.08. The maximum absolute atomic E-state index is 12.2. The van der Waals surface area contributed by atoms with E-state index in [2.05, 4.69) is 15.5 Å². The van der Waals surface area contributed by atoms with Gasteiger partial charge in [-0.1, -0.05) is 48.2 Å². The Bertz CT molecular complexity index is 1270. The van der Waals surface area contributed by atoms with Crippen LogP contribution in [0.2, 0.25) is 0 Å². The van der Waals surface area contributed by atoms with Crippen molar-refractivity contribution in [2.45, 2.75) is 10.9 Å². The zero-order valence-electron chi connectivity index (χ0n) is 17.3. The van der Waals surface area contributed by atoms with Crippen LogP contribution in [-0.2, 0) is 11.4 Å². The molecule has 0 spiro atoms. The minimum Gasteiger partial charge on any atom is -0.488 e. The molecule has 1 amide bonds. The van der Waals surface area contributed by atoms with Crippen LogP contribution in [0.25, 0.3) is 10.2 Å². The van der Waals surface area contributed by atoms with Gasteiger partial charge in [0.05, 0.1) is 27.7 Å². The number of ether oxygens (including phenoxy) is 1. The first-order chi connectivity index (χ1) is 16.1. The summed E-state index contributed by atoms with van der Waals surface area (Å²) in [6.07, 6.45) is 1.53. The zero-order chi connectivity index (χ0) is 23.0. The van der Waals surface area contributed by atoms with Crippen molar-refractivity contribution in [3.05, 3.63) is 89.5 Å². The van der Waals surface area contributed by atoms with Crippen molar-refractivity contribution >= 4 is 51.4 Å². The van der Waals surface area contributed by atoms with Gasteiger partial charge in [0.1, 0.15) is 12.4 Å². The fourth-order valence-electron chi connectivity index (χ4n) is 2.87. The fourth-order valence-corrected chi connectivity index (χ4v) is 4.73. The minimum atomic E-state index is -0.968. The second-order valence-electron chi connectivity index (χ2n) is 6.86. The molecule has 0 aliphatic carbocycles. The summed E-state index contributed by atoms with van der Waals surface area (Å²) in [5.74, 6) is -0.389. The van der Waals surface area contributed by atoms with Crippen molar-refractivity contribution < 1.29 is 19.4 Å². The number of rotatable bonds is 9. The predicted octanol–water partition coefficient (Wildman–Crippen LogP) is 4.82. The Morgan fingerprint density at radius 2 is 1.82 bits per heavy atom. The van der Waals surface area contributed by atoms with Crippen molar-refractivity contribution in [3.8, 4) is 5.75 Å². The number of carboxylic acid groups (broad SMARTS) is 1. The number of carboxylic acids is 1. The number of hydrogen-bond acceptors (Lipinski definition) is 7. The molecule has 0 bridgehead atoms. The number of carbonyl (C=O) groups excluding carboxylic acids is 1. The Balaban J connectivity index is 1.29. The third kappa shape index (κ3) is 6.18. The first kappa shape index (κ1) is 22.5. The Morgan fingerprint density at radius 1 is 1.06 bits per heavy atom. The number of fused-ring (bicyclic) bond motifs is 1. The van der Waals surface area contributed by atoms with E-state index in [0.717, 1.165) is 20.1 Å². The number of hydrazone groups is 1. The van der Waals surface area contributed by atoms with Crippen LogP contribution in [0.4, 0.5) is 0 Å². The number of nitrogens with one attached hydrogen (secondary N) is 1. The zero-order valence-corrected chi connectivity index (χ0v) is 18.9. The van der Waals surface area contributed by atoms with Crippen LogP contribution in [0.3, 0.4) is 0 Å². The number of aromatic nitrogens is 1. The Hall–Kier alpha value is -3.69. The monoisotopic (exact) mass is 477 g/mol. The summed E-state index contributed by atoms with van der Waals surface area (Å²) in [6.45, 7) is 0.274. The molecule has 4 rings (SSSR count). The van der Waals surface area contributed by atoms with Crippen LogP contribution in [-0.4, -0.2) is 33.9 Å². The SMILES string of the molecule is O=C(CSc1nc2ccccc2s1)N/N=C/c1ccccc1OCc1ccc(C(=O)O)cc1. The van der Waals surface area contributed by atoms with Gasteiger partial charge >= 0.3 is 5.97 Å². The lowest BCUT2D eigenvalue weighted by Gasteiger charge is -2.09. The lowest BCUT2D eigenvalue weighted by molar-refractivity contribution is -0.118. The van der Waals surface area contributed by atoms with Gasteiger partial charge in [-0.15, -0.1) is 11.3 Å². The minimum absolute atomic E-state index is 0.210. The third-order valence-electron chi connectivity index (χ3n) is 4.51. The molecule has 33 heavy (non-hydrogen) atoms. The third-order valence-corrected chi connectivity index (χ3v) is 6.69. The fraction of sp³-hybridized carbons (Fsp3) is 0.0833. The van der Waals surface area contributed by atoms with Crippen LogP contribution in [0.15, 0.2) is 82.2 Å². The highest BCUT2D eigenvalue weighted by atomic mass is 32.2. The van der Waals surface area contributed by atoms with Gasteiger partial charge in [0.25, 0.3) is 5.91 Å². The molecule has 2 N–H and O–H groups in total. The van der Waals surface area contributed by atoms with E-state index in [0.29, 0.717) is 11.3 Å². The maximum atomic E-state index is 12.2. The largest absolute Gasteiger partial charge is 0.488 e. The average molecular weight is 478 g/mol. The van der Waals surface area contributed by atoms with Crippen molar-refractivity contribution in [2.75, 3.05) is 5.75 Å². The smallest absolute Gasteiger partial charge is 0.335 e. The van der Waals surface area contributed by atoms with E-state index < -0.39 is 5.97 Å². The van der Waals surface area contributed by atoms with E-state index in [1.165, 1.54) is 30.1 Å². The Kier molecular flexibility index (Phi) is 7.33. The van der Waals surface area contributed by atoms with Crippen molar-refractivity contribution in [2.24, 2.45) is 5.10 Å². The molecule has 3 aromatic carbocycles. The van der Waals surface area contributed by atoms with E-state index >= 15 is 0 Å². The summed E-state index contributed by atoms with van der Waals surface area (Å²) in [6, 6.07) is 21.7. The first-order valence-electron chi connectivity index (χ1n) is 9.93. The number of thiazole rings is 1. The van der Waals surface area contributed by atoms with Crippen LogP contribution in [0, 0.1) is 0 Å². The molecule has 0 aliphatic heterocycles. The number of nitrogens with zero attached hydrogens (tertiary/aromatic N) is 2. The molecule has 0 unspecified atom stereocenters. The second-order valence-corrected chi connectivity index (χ2v) is 9.11. The second kappa shape index (κ2) is 10.8. The molecule has 1 aromatic heterocycles. The number of amides is 1. The van der Waals surface area contributed by atoms with Gasteiger partial charge < -0.3 is 9.84 Å². The van der Waals surface area contributed by atoms with Crippen LogP contribution in [0.5, 0.6) is 5.75 Å². The normalized spacial score (nSPS) is 11.0. The number of thioether (sulfide) groups is 1. The number of hydrogen-bond donors (Lipinski definition) is 2. The number of carbonyl (C=O) groups is 2. The molecule has 9 heteroatoms. The average Bonchev–Trinajstić information content (AvgIpc) is 3.25. The quantitative estimate of drug-likeness (QED) is 0.204. The van der Waals surface area contributed by atoms with E-state index in [-0.39, 0.29) is 23.8 Å². The van der Waals surface area contributed by atoms with Gasteiger partial charge in [-0.05, 0) is 42.0 Å². The van der Waals surface area contributed by atoms with Gasteiger partial charge in [0.15, 0.2) is 4.34 Å². The van der Waals surface area contributed by atoms with Crippen molar-refractivity contribution in [1.29, 1.82) is 0 Å². The number of aromatic carboxylic acids is 1. The highest BCUT2D eigenvalue weighted by Crippen LogP contribution is 2.29. The topological polar surface area (TPSA) is 101 Å². The lowest BCUT2D eigenvalue weighted by Crippen LogP contribution is -2.19. The standard InChI is InChI=1S/C24H19N3O4S2/c28-22(15-32-24-26-19-6-2-4-8-21(19)33-24)27-25-13-18-5-1-3-7-20(18)31-14-16-9-11-17(12-10-16)23(29)30/h1-13H,14-15H2,(H,27,28)(H,29,30)/b25-13+. The molecule has 0 atom stereocenters. The molecule has 0 radical (unpaired) electrons. The van der Waals surface area contributed by atoms with Gasteiger partial charge in [-0.3, -0.25) is 4.79 Å². The molecule has 7 nitrogen and oxygen atoms in total. The predicted molar refractivity (Wildman–Crippen MR) is 130 cm³/mol.